The van der Waals surface area contributed by atoms with Crippen LogP contribution in [-0.2, 0) is 11.2 Å². The number of rotatable bonds is 2. The molecule has 2 aromatic carbocycles. The van der Waals surface area contributed by atoms with Gasteiger partial charge in [0.15, 0.2) is 0 Å². The van der Waals surface area contributed by atoms with Crippen molar-refractivity contribution in [3.63, 3.8) is 0 Å². The Balaban J connectivity index is 1.52. The van der Waals surface area contributed by atoms with E-state index in [0.717, 1.165) is 18.5 Å². The van der Waals surface area contributed by atoms with Gasteiger partial charge in [-0.15, -0.1) is 0 Å². The zero-order chi connectivity index (χ0) is 14.4. The van der Waals surface area contributed by atoms with Crippen molar-refractivity contribution in [1.29, 1.82) is 0 Å². The van der Waals surface area contributed by atoms with E-state index >= 15 is 0 Å². The zero-order valence-electron chi connectivity index (χ0n) is 11.8. The third-order valence-corrected chi connectivity index (χ3v) is 4.81. The van der Waals surface area contributed by atoms with Crippen molar-refractivity contribution < 1.29 is 4.79 Å². The molecule has 0 bridgehead atoms. The van der Waals surface area contributed by atoms with Gasteiger partial charge in [0.25, 0.3) is 0 Å². The predicted molar refractivity (Wildman–Crippen MR) is 84.0 cm³/mol. The normalized spacial score (nSPS) is 25.6. The minimum absolute atomic E-state index is 0.131. The van der Waals surface area contributed by atoms with Gasteiger partial charge in [-0.1, -0.05) is 24.3 Å². The molecule has 0 aliphatic heterocycles. The average Bonchev–Trinajstić information content (AvgIpc) is 3.25. The first kappa shape index (κ1) is 12.5. The highest BCUT2D eigenvalue weighted by atomic mass is 16.2. The quantitative estimate of drug-likeness (QED) is 0.829. The summed E-state index contributed by atoms with van der Waals surface area (Å²) in [5.74, 6) is 1.22. The topological polar surface area (TPSA) is 55.1 Å². The minimum Gasteiger partial charge on any atom is -0.399 e. The number of anilines is 2. The lowest BCUT2D eigenvalue weighted by atomic mass is 9.92. The average molecular weight is 278 g/mol. The molecule has 4 rings (SSSR count). The first-order valence-corrected chi connectivity index (χ1v) is 7.48. The maximum atomic E-state index is 12.5. The molecule has 0 heterocycles. The summed E-state index contributed by atoms with van der Waals surface area (Å²) < 4.78 is 0. The molecule has 0 saturated heterocycles. The molecule has 1 saturated carbocycles. The zero-order valence-corrected chi connectivity index (χ0v) is 11.8. The number of carbonyl (C=O) groups excluding carboxylic acids is 1. The van der Waals surface area contributed by atoms with E-state index < -0.39 is 0 Å². The van der Waals surface area contributed by atoms with Crippen LogP contribution in [0.3, 0.4) is 0 Å². The second-order valence-electron chi connectivity index (χ2n) is 6.06. The first-order valence-electron chi connectivity index (χ1n) is 7.48. The first-order chi connectivity index (χ1) is 10.2. The minimum atomic E-state index is 0.131. The molecule has 1 fully saturated rings. The van der Waals surface area contributed by atoms with E-state index in [2.05, 4.69) is 29.6 Å². The summed E-state index contributed by atoms with van der Waals surface area (Å²) in [4.78, 5) is 12.5. The highest BCUT2D eigenvalue weighted by molar-refractivity contribution is 5.96. The van der Waals surface area contributed by atoms with E-state index in [0.29, 0.717) is 17.5 Å². The Morgan fingerprint density at radius 3 is 2.67 bits per heavy atom. The van der Waals surface area contributed by atoms with Crippen LogP contribution >= 0.6 is 0 Å². The Labute approximate surface area is 124 Å². The molecule has 3 heteroatoms. The van der Waals surface area contributed by atoms with Crippen LogP contribution in [0.1, 0.15) is 23.5 Å². The predicted octanol–water partition coefficient (Wildman–Crippen LogP) is 3.18. The van der Waals surface area contributed by atoms with Crippen molar-refractivity contribution >= 4 is 17.3 Å². The number of benzene rings is 2. The van der Waals surface area contributed by atoms with Crippen molar-refractivity contribution in [2.45, 2.75) is 18.8 Å². The van der Waals surface area contributed by atoms with E-state index in [1.807, 2.05) is 24.3 Å². The molecule has 0 radical (unpaired) electrons. The number of amides is 1. The molecular weight excluding hydrogens is 260 g/mol. The standard InChI is InChI=1S/C18H18N2O/c19-12-6-8-13(9-7-12)20-18(21)17-15-10-5-11-3-1-2-4-14(11)16(15)17/h1-4,6-9,15-17H,5,10,19H2,(H,20,21). The number of hydrogen-bond donors (Lipinski definition) is 2. The lowest BCUT2D eigenvalue weighted by Crippen LogP contribution is -2.15. The van der Waals surface area contributed by atoms with Crippen molar-refractivity contribution in [2.75, 3.05) is 11.1 Å². The number of nitrogens with two attached hydrogens (primary N) is 1. The third-order valence-electron chi connectivity index (χ3n) is 4.81. The van der Waals surface area contributed by atoms with E-state index in [1.54, 1.807) is 0 Å². The SMILES string of the molecule is Nc1ccc(NC(=O)C2C3CCc4ccccc4C32)cc1. The summed E-state index contributed by atoms with van der Waals surface area (Å²) in [5.41, 5.74) is 10.00. The molecule has 3 unspecified atom stereocenters. The summed E-state index contributed by atoms with van der Waals surface area (Å²) >= 11 is 0. The van der Waals surface area contributed by atoms with Gasteiger partial charge in [0, 0.05) is 17.3 Å². The highest BCUT2D eigenvalue weighted by Gasteiger charge is 2.56. The maximum Gasteiger partial charge on any atom is 0.228 e. The molecule has 0 aromatic heterocycles. The van der Waals surface area contributed by atoms with Crippen LogP contribution in [0.15, 0.2) is 48.5 Å². The van der Waals surface area contributed by atoms with Crippen molar-refractivity contribution in [3.8, 4) is 0 Å². The second kappa shape index (κ2) is 4.62. The Bertz CT molecular complexity index is 693. The van der Waals surface area contributed by atoms with E-state index in [4.69, 9.17) is 5.73 Å². The molecule has 1 amide bonds. The molecular formula is C18H18N2O. The van der Waals surface area contributed by atoms with Gasteiger partial charge < -0.3 is 11.1 Å². The Morgan fingerprint density at radius 2 is 1.86 bits per heavy atom. The fraction of sp³-hybridized carbons (Fsp3) is 0.278. The van der Waals surface area contributed by atoms with Crippen molar-refractivity contribution in [2.24, 2.45) is 11.8 Å². The van der Waals surface area contributed by atoms with Crippen LogP contribution < -0.4 is 11.1 Å². The fourth-order valence-electron chi connectivity index (χ4n) is 3.72. The molecule has 2 aliphatic carbocycles. The maximum absolute atomic E-state index is 12.5. The summed E-state index contributed by atoms with van der Waals surface area (Å²) in [7, 11) is 0. The monoisotopic (exact) mass is 278 g/mol. The smallest absolute Gasteiger partial charge is 0.228 e. The third kappa shape index (κ3) is 2.09. The van der Waals surface area contributed by atoms with E-state index in [1.165, 1.54) is 11.1 Å². The lowest BCUT2D eigenvalue weighted by Gasteiger charge is -2.13. The molecule has 3 N–H and O–H groups in total. The van der Waals surface area contributed by atoms with Crippen LogP contribution in [-0.4, -0.2) is 5.91 Å². The number of hydrogen-bond acceptors (Lipinski definition) is 2. The Hall–Kier alpha value is -2.29. The number of fused-ring (bicyclic) bond motifs is 3. The molecule has 106 valence electrons. The molecule has 2 aliphatic rings. The number of nitrogen functional groups attached to an aromatic ring is 1. The number of carbonyl (C=O) groups is 1. The van der Waals surface area contributed by atoms with Gasteiger partial charge in [0.05, 0.1) is 0 Å². The Morgan fingerprint density at radius 1 is 1.10 bits per heavy atom. The van der Waals surface area contributed by atoms with Crippen LogP contribution in [0.2, 0.25) is 0 Å². The van der Waals surface area contributed by atoms with Crippen LogP contribution in [0, 0.1) is 11.8 Å². The highest BCUT2D eigenvalue weighted by Crippen LogP contribution is 2.60. The van der Waals surface area contributed by atoms with Crippen LogP contribution in [0.25, 0.3) is 0 Å². The van der Waals surface area contributed by atoms with Crippen molar-refractivity contribution in [1.82, 2.24) is 0 Å². The molecule has 21 heavy (non-hydrogen) atoms. The summed E-state index contributed by atoms with van der Waals surface area (Å²) in [6.07, 6.45) is 2.23. The fourth-order valence-corrected chi connectivity index (χ4v) is 3.72. The summed E-state index contributed by atoms with van der Waals surface area (Å²) in [6.45, 7) is 0. The van der Waals surface area contributed by atoms with Crippen LogP contribution in [0.5, 0.6) is 0 Å². The van der Waals surface area contributed by atoms with Gasteiger partial charge in [0.2, 0.25) is 5.91 Å². The van der Waals surface area contributed by atoms with Gasteiger partial charge in [-0.05, 0) is 60.1 Å². The van der Waals surface area contributed by atoms with Gasteiger partial charge >= 0.3 is 0 Å². The second-order valence-corrected chi connectivity index (χ2v) is 6.06. The van der Waals surface area contributed by atoms with Gasteiger partial charge in [-0.3, -0.25) is 4.79 Å². The van der Waals surface area contributed by atoms with Crippen LogP contribution in [0.4, 0.5) is 11.4 Å². The van der Waals surface area contributed by atoms with Gasteiger partial charge in [0.1, 0.15) is 0 Å². The van der Waals surface area contributed by atoms with Crippen molar-refractivity contribution in [3.05, 3.63) is 59.7 Å². The summed E-state index contributed by atoms with van der Waals surface area (Å²) in [6, 6.07) is 15.9. The molecule has 3 atom stereocenters. The largest absolute Gasteiger partial charge is 0.399 e. The van der Waals surface area contributed by atoms with E-state index in [-0.39, 0.29) is 11.8 Å². The van der Waals surface area contributed by atoms with Gasteiger partial charge in [-0.25, -0.2) is 0 Å². The van der Waals surface area contributed by atoms with E-state index in [9.17, 15) is 4.79 Å². The lowest BCUT2D eigenvalue weighted by molar-refractivity contribution is -0.117. The number of aryl methyl sites for hydroxylation is 1. The molecule has 0 spiro atoms. The summed E-state index contributed by atoms with van der Waals surface area (Å²) in [5, 5.41) is 3.02. The number of nitrogens with one attached hydrogen (secondary N) is 1. The molecule has 3 nitrogen and oxygen atoms in total. The van der Waals surface area contributed by atoms with Gasteiger partial charge in [-0.2, -0.15) is 0 Å². The Kier molecular flexibility index (Phi) is 2.74. The molecule has 2 aromatic rings.